The van der Waals surface area contributed by atoms with Crippen LogP contribution in [0.1, 0.15) is 5.56 Å². The minimum absolute atomic E-state index is 0.388. The van der Waals surface area contributed by atoms with Crippen molar-refractivity contribution in [1.82, 2.24) is 4.90 Å². The summed E-state index contributed by atoms with van der Waals surface area (Å²) in [6, 6.07) is 12.3. The summed E-state index contributed by atoms with van der Waals surface area (Å²) in [5, 5.41) is 11.8. The van der Waals surface area contributed by atoms with Crippen LogP contribution in [-0.4, -0.2) is 44.5 Å². The van der Waals surface area contributed by atoms with E-state index in [4.69, 9.17) is 14.2 Å². The van der Waals surface area contributed by atoms with Gasteiger partial charge in [-0.3, -0.25) is 4.90 Å². The van der Waals surface area contributed by atoms with Gasteiger partial charge in [0.25, 0.3) is 0 Å². The zero-order valence-electron chi connectivity index (χ0n) is 13.5. The van der Waals surface area contributed by atoms with Gasteiger partial charge in [-0.2, -0.15) is 5.26 Å². The topological polar surface area (TPSA) is 54.7 Å². The third kappa shape index (κ3) is 2.41. The predicted octanol–water partition coefficient (Wildman–Crippen LogP) is 2.81. The van der Waals surface area contributed by atoms with Crippen molar-refractivity contribution in [2.24, 2.45) is 0 Å². The first-order chi connectivity index (χ1) is 11.8. The van der Waals surface area contributed by atoms with E-state index < -0.39 is 0 Å². The average Bonchev–Trinajstić information content (AvgIpc) is 2.66. The van der Waals surface area contributed by atoms with Gasteiger partial charge >= 0.3 is 0 Å². The molecule has 2 aliphatic rings. The molecule has 0 aromatic heterocycles. The summed E-state index contributed by atoms with van der Waals surface area (Å²) < 4.78 is 17.2. The molecule has 0 bridgehead atoms. The molecule has 5 heteroatoms. The van der Waals surface area contributed by atoms with Crippen LogP contribution >= 0.6 is 0 Å². The maximum Gasteiger partial charge on any atom is 0.189 e. The van der Waals surface area contributed by atoms with Crippen molar-refractivity contribution >= 4 is 16.8 Å². The highest BCUT2D eigenvalue weighted by Gasteiger charge is 2.32. The van der Waals surface area contributed by atoms with E-state index in [1.807, 2.05) is 36.4 Å². The number of ether oxygens (including phenoxy) is 3. The number of rotatable bonds is 2. The summed E-state index contributed by atoms with van der Waals surface area (Å²) >= 11 is 0. The number of benzene rings is 2. The quantitative estimate of drug-likeness (QED) is 0.851. The molecule has 1 fully saturated rings. The highest BCUT2D eigenvalue weighted by atomic mass is 16.5. The van der Waals surface area contributed by atoms with Crippen LogP contribution in [0.2, 0.25) is 0 Å². The first-order valence-electron chi connectivity index (χ1n) is 8.01. The molecule has 2 aromatic rings. The lowest BCUT2D eigenvalue weighted by atomic mass is 9.98. The summed E-state index contributed by atoms with van der Waals surface area (Å²) in [5.74, 6) is 1.39. The van der Waals surface area contributed by atoms with Gasteiger partial charge in [-0.15, -0.1) is 0 Å². The Morgan fingerprint density at radius 3 is 2.79 bits per heavy atom. The lowest BCUT2D eigenvalue weighted by molar-refractivity contribution is -0.0295. The molecule has 1 atom stereocenters. The first-order valence-corrected chi connectivity index (χ1v) is 8.01. The summed E-state index contributed by atoms with van der Waals surface area (Å²) in [5.41, 5.74) is 1.52. The molecule has 2 heterocycles. The monoisotopic (exact) mass is 322 g/mol. The van der Waals surface area contributed by atoms with Gasteiger partial charge in [0.15, 0.2) is 17.7 Å². The van der Waals surface area contributed by atoms with E-state index in [0.717, 1.165) is 29.4 Å². The van der Waals surface area contributed by atoms with Crippen molar-refractivity contribution in [2.75, 3.05) is 33.4 Å². The normalized spacial score (nSPS) is 20.7. The van der Waals surface area contributed by atoms with Gasteiger partial charge in [-0.1, -0.05) is 24.3 Å². The smallest absolute Gasteiger partial charge is 0.189 e. The molecule has 1 unspecified atom stereocenters. The van der Waals surface area contributed by atoms with E-state index in [-0.39, 0.29) is 6.23 Å². The number of nitriles is 1. The Morgan fingerprint density at radius 2 is 2.04 bits per heavy atom. The van der Waals surface area contributed by atoms with Crippen molar-refractivity contribution in [3.05, 3.63) is 41.5 Å². The number of hydrogen-bond acceptors (Lipinski definition) is 5. The van der Waals surface area contributed by atoms with E-state index in [0.29, 0.717) is 30.3 Å². The van der Waals surface area contributed by atoms with Gasteiger partial charge in [0.2, 0.25) is 0 Å². The fraction of sp³-hybridized carbons (Fsp3) is 0.316. The molecular formula is C19H18N2O3. The summed E-state index contributed by atoms with van der Waals surface area (Å²) in [4.78, 5) is 2.14. The molecule has 122 valence electrons. The fourth-order valence-corrected chi connectivity index (χ4v) is 3.32. The molecule has 5 nitrogen and oxygen atoms in total. The lowest BCUT2D eigenvalue weighted by Crippen LogP contribution is -2.47. The molecule has 2 aliphatic heterocycles. The molecule has 0 aliphatic carbocycles. The Labute approximate surface area is 140 Å². The van der Waals surface area contributed by atoms with Gasteiger partial charge in [0, 0.05) is 18.7 Å². The van der Waals surface area contributed by atoms with Crippen molar-refractivity contribution in [1.29, 1.82) is 5.26 Å². The standard InChI is InChI=1S/C19H18N2O3/c1-22-17-11-13-4-2-3-5-15(13)16-10-14(12-20)19(24-18(16)17)21-6-8-23-9-7-21/h2-5,10-11,19H,6-9H2,1H3. The van der Waals surface area contributed by atoms with Crippen LogP contribution in [0.4, 0.5) is 0 Å². The second-order valence-corrected chi connectivity index (χ2v) is 5.87. The minimum atomic E-state index is -0.388. The molecule has 0 N–H and O–H groups in total. The third-order valence-electron chi connectivity index (χ3n) is 4.53. The molecule has 0 radical (unpaired) electrons. The number of nitrogens with zero attached hydrogens (tertiary/aromatic N) is 2. The summed E-state index contributed by atoms with van der Waals surface area (Å²) in [6.45, 7) is 2.80. The third-order valence-corrected chi connectivity index (χ3v) is 4.53. The maximum absolute atomic E-state index is 9.63. The first kappa shape index (κ1) is 15.0. The Bertz CT molecular complexity index is 848. The van der Waals surface area contributed by atoms with Crippen molar-refractivity contribution in [2.45, 2.75) is 6.23 Å². The van der Waals surface area contributed by atoms with Gasteiger partial charge in [-0.05, 0) is 22.9 Å². The zero-order valence-corrected chi connectivity index (χ0v) is 13.5. The van der Waals surface area contributed by atoms with E-state index >= 15 is 0 Å². The largest absolute Gasteiger partial charge is 0.493 e. The Morgan fingerprint density at radius 1 is 1.25 bits per heavy atom. The number of methoxy groups -OCH3 is 1. The summed E-state index contributed by atoms with van der Waals surface area (Å²) in [7, 11) is 1.64. The lowest BCUT2D eigenvalue weighted by Gasteiger charge is -2.36. The van der Waals surface area contributed by atoms with E-state index in [9.17, 15) is 5.26 Å². The molecule has 0 spiro atoms. The highest BCUT2D eigenvalue weighted by Crippen LogP contribution is 2.43. The van der Waals surface area contributed by atoms with Crippen LogP contribution in [0, 0.1) is 11.3 Å². The molecule has 2 aromatic carbocycles. The van der Waals surface area contributed by atoms with Crippen LogP contribution in [0.15, 0.2) is 35.9 Å². The van der Waals surface area contributed by atoms with Crippen LogP contribution in [-0.2, 0) is 4.74 Å². The number of hydrogen-bond donors (Lipinski definition) is 0. The maximum atomic E-state index is 9.63. The van der Waals surface area contributed by atoms with Crippen molar-refractivity contribution < 1.29 is 14.2 Å². The van der Waals surface area contributed by atoms with E-state index in [1.165, 1.54) is 0 Å². The minimum Gasteiger partial charge on any atom is -0.493 e. The van der Waals surface area contributed by atoms with Gasteiger partial charge < -0.3 is 14.2 Å². The molecule has 0 saturated carbocycles. The Kier molecular flexibility index (Phi) is 3.85. The SMILES string of the molecule is COc1cc2ccccc2c2c1OC(N1CCOCC1)C(C#N)=C2. The van der Waals surface area contributed by atoms with Crippen LogP contribution in [0.5, 0.6) is 11.5 Å². The summed E-state index contributed by atoms with van der Waals surface area (Å²) in [6.07, 6.45) is 1.55. The Balaban J connectivity index is 1.86. The fourth-order valence-electron chi connectivity index (χ4n) is 3.32. The van der Waals surface area contributed by atoms with Crippen LogP contribution < -0.4 is 9.47 Å². The average molecular weight is 322 g/mol. The molecule has 4 rings (SSSR count). The predicted molar refractivity (Wildman–Crippen MR) is 90.9 cm³/mol. The van der Waals surface area contributed by atoms with Crippen LogP contribution in [0.3, 0.4) is 0 Å². The Hall–Kier alpha value is -2.55. The molecule has 24 heavy (non-hydrogen) atoms. The number of fused-ring (bicyclic) bond motifs is 3. The highest BCUT2D eigenvalue weighted by molar-refractivity contribution is 5.96. The van der Waals surface area contributed by atoms with Crippen molar-refractivity contribution in [3.63, 3.8) is 0 Å². The molecular weight excluding hydrogens is 304 g/mol. The second-order valence-electron chi connectivity index (χ2n) is 5.87. The van der Waals surface area contributed by atoms with E-state index in [1.54, 1.807) is 7.11 Å². The zero-order chi connectivity index (χ0) is 16.5. The molecule has 0 amide bonds. The van der Waals surface area contributed by atoms with Gasteiger partial charge in [0.1, 0.15) is 6.07 Å². The van der Waals surface area contributed by atoms with E-state index in [2.05, 4.69) is 11.0 Å². The second kappa shape index (κ2) is 6.16. The molecule has 1 saturated heterocycles. The van der Waals surface area contributed by atoms with Crippen molar-refractivity contribution in [3.8, 4) is 17.6 Å². The van der Waals surface area contributed by atoms with Gasteiger partial charge in [-0.25, -0.2) is 0 Å². The number of morpholine rings is 1. The van der Waals surface area contributed by atoms with Gasteiger partial charge in [0.05, 0.1) is 25.9 Å². The van der Waals surface area contributed by atoms with Crippen LogP contribution in [0.25, 0.3) is 16.8 Å².